The lowest BCUT2D eigenvalue weighted by Gasteiger charge is -2.36. The minimum atomic E-state index is -1.04. The zero-order chi connectivity index (χ0) is 19.8. The van der Waals surface area contributed by atoms with Gasteiger partial charge in [0.2, 0.25) is 0 Å². The summed E-state index contributed by atoms with van der Waals surface area (Å²) in [6.45, 7) is 4.13. The van der Waals surface area contributed by atoms with E-state index in [1.54, 1.807) is 19.2 Å². The summed E-state index contributed by atoms with van der Waals surface area (Å²) in [5.74, 6) is 0.887. The Labute approximate surface area is 179 Å². The van der Waals surface area contributed by atoms with Crippen LogP contribution in [-0.4, -0.2) is 61.7 Å². The van der Waals surface area contributed by atoms with Gasteiger partial charge in [-0.1, -0.05) is 42.5 Å². The molecule has 4 nitrogen and oxygen atoms in total. The number of rotatable bonds is 9. The third-order valence-electron chi connectivity index (χ3n) is 5.38. The number of ether oxygens (including phenoxy) is 1. The fourth-order valence-corrected chi connectivity index (χ4v) is 3.55. The molecule has 1 saturated heterocycles. The molecule has 158 valence electrons. The molecule has 1 atom stereocenters. The van der Waals surface area contributed by atoms with Gasteiger partial charge in [-0.3, -0.25) is 9.69 Å². The molecule has 0 aliphatic carbocycles. The van der Waals surface area contributed by atoms with E-state index in [2.05, 4.69) is 17.0 Å². The van der Waals surface area contributed by atoms with Crippen molar-refractivity contribution >= 4 is 18.2 Å². The lowest BCUT2D eigenvalue weighted by molar-refractivity contribution is 0.0262. The highest BCUT2D eigenvalue weighted by Gasteiger charge is 2.24. The van der Waals surface area contributed by atoms with Crippen molar-refractivity contribution in [2.45, 2.75) is 25.6 Å². The molecule has 2 aromatic rings. The molecule has 0 amide bonds. The van der Waals surface area contributed by atoms with Crippen LogP contribution in [-0.2, 0) is 6.42 Å². The van der Waals surface area contributed by atoms with E-state index in [0.717, 1.165) is 31.8 Å². The van der Waals surface area contributed by atoms with Crippen LogP contribution in [0.2, 0.25) is 0 Å². The Bertz CT molecular complexity index is 734. The molecule has 0 spiro atoms. The number of carbonyl (C=O) groups is 1. The summed E-state index contributed by atoms with van der Waals surface area (Å²) in [5, 5.41) is 0. The summed E-state index contributed by atoms with van der Waals surface area (Å²) in [7, 11) is 1.67. The van der Waals surface area contributed by atoms with Crippen LogP contribution >= 0.6 is 12.4 Å². The van der Waals surface area contributed by atoms with Gasteiger partial charge in [-0.05, 0) is 30.5 Å². The maximum absolute atomic E-state index is 14.6. The molecule has 0 N–H and O–H groups in total. The molecule has 0 saturated carbocycles. The van der Waals surface area contributed by atoms with E-state index < -0.39 is 6.30 Å². The maximum Gasteiger partial charge on any atom is 0.163 e. The van der Waals surface area contributed by atoms with E-state index in [4.69, 9.17) is 4.74 Å². The van der Waals surface area contributed by atoms with Gasteiger partial charge in [0, 0.05) is 44.7 Å². The molecular formula is C23H30ClFN2O2. The number of hydrogen-bond donors (Lipinski definition) is 0. The van der Waals surface area contributed by atoms with Crippen LogP contribution in [0.25, 0.3) is 0 Å². The normalized spacial score (nSPS) is 16.1. The Kier molecular flexibility index (Phi) is 9.58. The minimum Gasteiger partial charge on any atom is -0.497 e. The molecule has 0 aromatic heterocycles. The molecule has 29 heavy (non-hydrogen) atoms. The first kappa shape index (κ1) is 23.3. The smallest absolute Gasteiger partial charge is 0.163 e. The molecule has 3 rings (SSSR count). The number of piperazine rings is 1. The van der Waals surface area contributed by atoms with Crippen LogP contribution in [0.4, 0.5) is 4.39 Å². The monoisotopic (exact) mass is 420 g/mol. The van der Waals surface area contributed by atoms with Gasteiger partial charge < -0.3 is 9.64 Å². The second-order valence-corrected chi connectivity index (χ2v) is 7.24. The zero-order valence-electron chi connectivity index (χ0n) is 16.9. The summed E-state index contributed by atoms with van der Waals surface area (Å²) in [4.78, 5) is 16.4. The average molecular weight is 421 g/mol. The quantitative estimate of drug-likeness (QED) is 0.449. The van der Waals surface area contributed by atoms with Crippen molar-refractivity contribution in [3.05, 3.63) is 65.7 Å². The van der Waals surface area contributed by atoms with E-state index in [1.165, 1.54) is 5.56 Å². The number of hydrogen-bond acceptors (Lipinski definition) is 4. The van der Waals surface area contributed by atoms with E-state index in [-0.39, 0.29) is 31.0 Å². The van der Waals surface area contributed by atoms with Gasteiger partial charge in [0.05, 0.1) is 7.11 Å². The molecule has 1 aliphatic heterocycles. The van der Waals surface area contributed by atoms with Crippen molar-refractivity contribution in [1.29, 1.82) is 0 Å². The standard InChI is InChI=1S/C23H29FN2O2.ClH/c1-28-21-9-7-19(8-10-21)13-14-25-15-17-26(18-16-25)23(24)12-11-22(27)20-5-3-2-4-6-20;/h2-10,23H,11-18H2,1H3;1H. The topological polar surface area (TPSA) is 32.8 Å². The minimum absolute atomic E-state index is 0. The first-order valence-electron chi connectivity index (χ1n) is 9.97. The number of ketones is 1. The van der Waals surface area contributed by atoms with Crippen LogP contribution in [0.15, 0.2) is 54.6 Å². The molecule has 2 aromatic carbocycles. The molecular weight excluding hydrogens is 391 g/mol. The van der Waals surface area contributed by atoms with E-state index in [9.17, 15) is 9.18 Å². The van der Waals surface area contributed by atoms with Gasteiger partial charge in [0.15, 0.2) is 12.1 Å². The zero-order valence-corrected chi connectivity index (χ0v) is 17.7. The van der Waals surface area contributed by atoms with Gasteiger partial charge in [0.1, 0.15) is 5.75 Å². The highest BCUT2D eigenvalue weighted by Crippen LogP contribution is 2.16. The number of methoxy groups -OCH3 is 1. The lowest BCUT2D eigenvalue weighted by atomic mass is 10.1. The van der Waals surface area contributed by atoms with Gasteiger partial charge >= 0.3 is 0 Å². The summed E-state index contributed by atoms with van der Waals surface area (Å²) in [6.07, 6.45) is 0.452. The van der Waals surface area contributed by atoms with Crippen LogP contribution in [0.3, 0.4) is 0 Å². The Morgan fingerprint density at radius 1 is 1.03 bits per heavy atom. The fraction of sp³-hybridized carbons (Fsp3) is 0.435. The first-order chi connectivity index (χ1) is 13.7. The van der Waals surface area contributed by atoms with Gasteiger partial charge in [-0.15, -0.1) is 12.4 Å². The van der Waals surface area contributed by atoms with E-state index in [0.29, 0.717) is 18.7 Å². The van der Waals surface area contributed by atoms with E-state index >= 15 is 0 Å². The first-order valence-corrected chi connectivity index (χ1v) is 9.97. The summed E-state index contributed by atoms with van der Waals surface area (Å²) in [6, 6.07) is 17.3. The van der Waals surface area contributed by atoms with Crippen LogP contribution in [0, 0.1) is 0 Å². The Hall–Kier alpha value is -1.95. The second-order valence-electron chi connectivity index (χ2n) is 7.24. The number of carbonyl (C=O) groups excluding carboxylic acids is 1. The summed E-state index contributed by atoms with van der Waals surface area (Å²) in [5.41, 5.74) is 1.95. The average Bonchev–Trinajstić information content (AvgIpc) is 2.77. The van der Waals surface area contributed by atoms with Crippen LogP contribution < -0.4 is 4.74 Å². The lowest BCUT2D eigenvalue weighted by Crippen LogP contribution is -2.49. The largest absolute Gasteiger partial charge is 0.497 e. The van der Waals surface area contributed by atoms with Crippen molar-refractivity contribution in [3.63, 3.8) is 0 Å². The number of nitrogens with zero attached hydrogens (tertiary/aromatic N) is 2. The molecule has 0 radical (unpaired) electrons. The molecule has 1 heterocycles. The Morgan fingerprint density at radius 3 is 2.31 bits per heavy atom. The Balaban J connectivity index is 0.00000300. The Morgan fingerprint density at radius 2 is 1.69 bits per heavy atom. The second kappa shape index (κ2) is 11.9. The van der Waals surface area contributed by atoms with E-state index in [1.807, 2.05) is 35.2 Å². The number of Topliss-reactive ketones (excluding diaryl/α,β-unsaturated/α-hetero) is 1. The molecule has 6 heteroatoms. The van der Waals surface area contributed by atoms with Crippen molar-refractivity contribution in [2.24, 2.45) is 0 Å². The van der Waals surface area contributed by atoms with Gasteiger partial charge in [-0.2, -0.15) is 0 Å². The van der Waals surface area contributed by atoms with Crippen molar-refractivity contribution < 1.29 is 13.9 Å². The molecule has 1 aliphatic rings. The van der Waals surface area contributed by atoms with Crippen LogP contribution in [0.5, 0.6) is 5.75 Å². The fourth-order valence-electron chi connectivity index (χ4n) is 3.55. The van der Waals surface area contributed by atoms with Crippen molar-refractivity contribution in [2.75, 3.05) is 39.8 Å². The van der Waals surface area contributed by atoms with Crippen molar-refractivity contribution in [1.82, 2.24) is 9.80 Å². The number of alkyl halides is 1. The maximum atomic E-state index is 14.6. The number of benzene rings is 2. The van der Waals surface area contributed by atoms with Crippen molar-refractivity contribution in [3.8, 4) is 5.75 Å². The van der Waals surface area contributed by atoms with Gasteiger partial charge in [-0.25, -0.2) is 4.39 Å². The predicted octanol–water partition coefficient (Wildman–Crippen LogP) is 4.24. The summed E-state index contributed by atoms with van der Waals surface area (Å²) >= 11 is 0. The molecule has 1 fully saturated rings. The van der Waals surface area contributed by atoms with Gasteiger partial charge in [0.25, 0.3) is 0 Å². The summed E-state index contributed by atoms with van der Waals surface area (Å²) < 4.78 is 19.7. The third kappa shape index (κ3) is 7.11. The predicted molar refractivity (Wildman–Crippen MR) is 117 cm³/mol. The highest BCUT2D eigenvalue weighted by molar-refractivity contribution is 5.95. The third-order valence-corrected chi connectivity index (χ3v) is 5.38. The number of halogens is 2. The molecule has 1 unspecified atom stereocenters. The molecule has 0 bridgehead atoms. The van der Waals surface area contributed by atoms with Crippen LogP contribution in [0.1, 0.15) is 28.8 Å². The highest BCUT2D eigenvalue weighted by atomic mass is 35.5. The SMILES string of the molecule is COc1ccc(CCN2CCN(C(F)CCC(=O)c3ccccc3)CC2)cc1.Cl.